The second-order valence-corrected chi connectivity index (χ2v) is 8.10. The van der Waals surface area contributed by atoms with Crippen molar-refractivity contribution in [3.8, 4) is 0 Å². The van der Waals surface area contributed by atoms with Crippen LogP contribution in [-0.2, 0) is 9.53 Å². The number of nitro benzene ring substituents is 1. The zero-order valence-corrected chi connectivity index (χ0v) is 14.5. The summed E-state index contributed by atoms with van der Waals surface area (Å²) in [4.78, 5) is 34.9. The van der Waals surface area contributed by atoms with Gasteiger partial charge in [0.15, 0.2) is 6.61 Å². The van der Waals surface area contributed by atoms with E-state index in [0.29, 0.717) is 17.8 Å². The fourth-order valence-electron chi connectivity index (χ4n) is 5.61. The summed E-state index contributed by atoms with van der Waals surface area (Å²) >= 11 is 0. The maximum atomic E-state index is 12.4. The first kappa shape index (κ1) is 17.0. The monoisotopic (exact) mass is 358 g/mol. The Morgan fingerprint density at radius 1 is 1.12 bits per heavy atom. The molecule has 4 aliphatic carbocycles. The number of hydrogen-bond donors (Lipinski definition) is 1. The Morgan fingerprint density at radius 2 is 1.69 bits per heavy atom. The molecule has 5 rings (SSSR count). The Morgan fingerprint density at radius 3 is 2.27 bits per heavy atom. The fourth-order valence-corrected chi connectivity index (χ4v) is 5.61. The third-order valence-corrected chi connectivity index (χ3v) is 6.10. The molecule has 1 aromatic rings. The minimum Gasteiger partial charge on any atom is -0.452 e. The van der Waals surface area contributed by atoms with Gasteiger partial charge in [0.25, 0.3) is 11.6 Å². The molecule has 0 unspecified atom stereocenters. The third-order valence-electron chi connectivity index (χ3n) is 6.10. The molecule has 7 heteroatoms. The van der Waals surface area contributed by atoms with Gasteiger partial charge in [0.2, 0.25) is 0 Å². The predicted octanol–water partition coefficient (Wildman–Crippen LogP) is 2.84. The van der Waals surface area contributed by atoms with E-state index in [2.05, 4.69) is 5.32 Å². The van der Waals surface area contributed by atoms with Gasteiger partial charge in [-0.3, -0.25) is 14.9 Å². The molecule has 4 fully saturated rings. The Balaban J connectivity index is 1.36. The second-order valence-electron chi connectivity index (χ2n) is 8.10. The lowest BCUT2D eigenvalue weighted by atomic mass is 9.53. The van der Waals surface area contributed by atoms with Crippen LogP contribution in [0.15, 0.2) is 24.3 Å². The number of nitro groups is 1. The van der Waals surface area contributed by atoms with Crippen LogP contribution >= 0.6 is 0 Å². The smallest absolute Gasteiger partial charge is 0.345 e. The average molecular weight is 358 g/mol. The van der Waals surface area contributed by atoms with E-state index in [0.717, 1.165) is 19.3 Å². The van der Waals surface area contributed by atoms with E-state index in [1.54, 1.807) is 0 Å². The molecule has 26 heavy (non-hydrogen) atoms. The minimum atomic E-state index is -0.849. The van der Waals surface area contributed by atoms with Gasteiger partial charge in [-0.25, -0.2) is 4.79 Å². The molecule has 4 saturated carbocycles. The van der Waals surface area contributed by atoms with Crippen LogP contribution in [0.25, 0.3) is 0 Å². The van der Waals surface area contributed by atoms with Crippen molar-refractivity contribution in [3.63, 3.8) is 0 Å². The fraction of sp³-hybridized carbons (Fsp3) is 0.579. The van der Waals surface area contributed by atoms with Crippen LogP contribution in [0, 0.1) is 27.9 Å². The lowest BCUT2D eigenvalue weighted by molar-refractivity contribution is -0.385. The van der Waals surface area contributed by atoms with Crippen LogP contribution in [-0.4, -0.2) is 28.9 Å². The van der Waals surface area contributed by atoms with Gasteiger partial charge in [-0.05, 0) is 62.3 Å². The molecule has 1 aromatic carbocycles. The van der Waals surface area contributed by atoms with E-state index in [1.807, 2.05) is 0 Å². The van der Waals surface area contributed by atoms with Crippen LogP contribution in [0.2, 0.25) is 0 Å². The third kappa shape index (κ3) is 3.18. The highest BCUT2D eigenvalue weighted by atomic mass is 16.6. The van der Waals surface area contributed by atoms with Crippen molar-refractivity contribution in [2.24, 2.45) is 17.8 Å². The molecule has 0 aromatic heterocycles. The molecule has 1 amide bonds. The van der Waals surface area contributed by atoms with E-state index in [4.69, 9.17) is 4.74 Å². The van der Waals surface area contributed by atoms with Gasteiger partial charge in [0.05, 0.1) is 4.92 Å². The molecular formula is C19H22N2O5. The number of para-hydroxylation sites is 1. The summed E-state index contributed by atoms with van der Waals surface area (Å²) in [7, 11) is 0. The molecule has 0 atom stereocenters. The highest BCUT2D eigenvalue weighted by Gasteiger charge is 2.51. The van der Waals surface area contributed by atoms with Crippen molar-refractivity contribution in [2.45, 2.75) is 44.1 Å². The van der Waals surface area contributed by atoms with Gasteiger partial charge in [-0.15, -0.1) is 0 Å². The summed E-state index contributed by atoms with van der Waals surface area (Å²) in [5.41, 5.74) is -0.601. The molecule has 7 nitrogen and oxygen atoms in total. The summed E-state index contributed by atoms with van der Waals surface area (Å²) < 4.78 is 5.04. The van der Waals surface area contributed by atoms with Crippen LogP contribution in [0.5, 0.6) is 0 Å². The normalized spacial score (nSPS) is 31.5. The van der Waals surface area contributed by atoms with Crippen LogP contribution in [0.4, 0.5) is 5.69 Å². The number of rotatable bonds is 5. The van der Waals surface area contributed by atoms with Crippen molar-refractivity contribution in [1.82, 2.24) is 5.32 Å². The first-order valence-electron chi connectivity index (χ1n) is 9.16. The molecule has 0 heterocycles. The first-order valence-corrected chi connectivity index (χ1v) is 9.16. The summed E-state index contributed by atoms with van der Waals surface area (Å²) in [6, 6.07) is 5.58. The van der Waals surface area contributed by atoms with E-state index in [9.17, 15) is 19.7 Å². The molecule has 4 bridgehead atoms. The van der Waals surface area contributed by atoms with Gasteiger partial charge in [-0.2, -0.15) is 0 Å². The van der Waals surface area contributed by atoms with Crippen molar-refractivity contribution in [3.05, 3.63) is 39.9 Å². The van der Waals surface area contributed by atoms with Gasteiger partial charge in [0.1, 0.15) is 5.56 Å². The number of carbonyl (C=O) groups excluding carboxylic acids is 2. The van der Waals surface area contributed by atoms with Gasteiger partial charge < -0.3 is 10.1 Å². The number of hydrogen-bond acceptors (Lipinski definition) is 5. The number of nitrogens with one attached hydrogen (secondary N) is 1. The minimum absolute atomic E-state index is 0.139. The Labute approximate surface area is 151 Å². The molecule has 4 aliphatic rings. The summed E-state index contributed by atoms with van der Waals surface area (Å²) in [6.07, 6.45) is 6.89. The average Bonchev–Trinajstić information content (AvgIpc) is 2.58. The van der Waals surface area contributed by atoms with Crippen LogP contribution < -0.4 is 5.32 Å². The van der Waals surface area contributed by atoms with Crippen LogP contribution in [0.3, 0.4) is 0 Å². The molecule has 0 aliphatic heterocycles. The van der Waals surface area contributed by atoms with Gasteiger partial charge >= 0.3 is 5.97 Å². The van der Waals surface area contributed by atoms with E-state index < -0.39 is 17.5 Å². The Kier molecular flexibility index (Phi) is 4.17. The molecule has 0 saturated heterocycles. The maximum absolute atomic E-state index is 12.4. The number of ether oxygens (including phenoxy) is 1. The van der Waals surface area contributed by atoms with Crippen molar-refractivity contribution in [2.75, 3.05) is 6.61 Å². The van der Waals surface area contributed by atoms with Crippen molar-refractivity contribution in [1.29, 1.82) is 0 Å². The van der Waals surface area contributed by atoms with E-state index in [1.165, 1.54) is 43.5 Å². The number of nitrogens with zero attached hydrogens (tertiary/aromatic N) is 1. The molecule has 138 valence electrons. The largest absolute Gasteiger partial charge is 0.452 e. The summed E-state index contributed by atoms with van der Waals surface area (Å²) in [5, 5.41) is 14.1. The zero-order chi connectivity index (χ0) is 18.3. The molecular weight excluding hydrogens is 336 g/mol. The number of amides is 1. The highest BCUT2D eigenvalue weighted by molar-refractivity contribution is 5.95. The highest BCUT2D eigenvalue weighted by Crippen LogP contribution is 2.55. The zero-order valence-electron chi connectivity index (χ0n) is 14.5. The van der Waals surface area contributed by atoms with Gasteiger partial charge in [-0.1, -0.05) is 12.1 Å². The Hall–Kier alpha value is -2.44. The van der Waals surface area contributed by atoms with Crippen LogP contribution in [0.1, 0.15) is 48.9 Å². The number of benzene rings is 1. The second kappa shape index (κ2) is 6.37. The standard InChI is InChI=1S/C19H22N2O5/c22-17(11-26-18(23)15-3-1-2-4-16(15)21(24)25)20-19-8-12-5-13(9-19)7-14(6-12)10-19/h1-4,12-14H,5-11H2,(H,20,22). The quantitative estimate of drug-likeness (QED) is 0.496. The SMILES string of the molecule is O=C(COC(=O)c1ccccc1[N+](=O)[O-])NC12CC3CC(CC(C3)C1)C2. The predicted molar refractivity (Wildman–Crippen MR) is 92.4 cm³/mol. The van der Waals surface area contributed by atoms with Crippen molar-refractivity contribution >= 4 is 17.6 Å². The van der Waals surface area contributed by atoms with Crippen molar-refractivity contribution < 1.29 is 19.2 Å². The Bertz CT molecular complexity index is 725. The first-order chi connectivity index (χ1) is 12.4. The number of carbonyl (C=O) groups is 2. The van der Waals surface area contributed by atoms with E-state index in [-0.39, 0.29) is 22.7 Å². The maximum Gasteiger partial charge on any atom is 0.345 e. The van der Waals surface area contributed by atoms with Gasteiger partial charge in [0, 0.05) is 11.6 Å². The molecule has 0 spiro atoms. The van der Waals surface area contributed by atoms with E-state index >= 15 is 0 Å². The lowest BCUT2D eigenvalue weighted by Crippen LogP contribution is -2.60. The summed E-state index contributed by atoms with van der Waals surface area (Å²) in [6.45, 7) is -0.410. The summed E-state index contributed by atoms with van der Waals surface area (Å²) in [5.74, 6) is 0.944. The topological polar surface area (TPSA) is 98.5 Å². The number of esters is 1. The molecule has 0 radical (unpaired) electrons. The lowest BCUT2D eigenvalue weighted by Gasteiger charge is -2.56. The molecule has 1 N–H and O–H groups in total.